The predicted molar refractivity (Wildman–Crippen MR) is 77.8 cm³/mol. The monoisotopic (exact) mass is 314 g/mol. The Hall–Kier alpha value is -0.500. The van der Waals surface area contributed by atoms with Gasteiger partial charge in [0.05, 0.1) is 13.2 Å². The van der Waals surface area contributed by atoms with Gasteiger partial charge in [0, 0.05) is 0 Å². The van der Waals surface area contributed by atoms with Gasteiger partial charge in [-0.3, -0.25) is 0 Å². The largest absolute Gasteiger partial charge is 0.394 e. The summed E-state index contributed by atoms with van der Waals surface area (Å²) in [5.74, 6) is 1.24. The molecule has 0 aromatic rings. The third kappa shape index (κ3) is 2.52. The summed E-state index contributed by atoms with van der Waals surface area (Å²) in [6.07, 6.45) is -1.60. The number of aliphatic hydroxyl groups is 4. The van der Waals surface area contributed by atoms with Crippen LogP contribution in [0, 0.1) is 17.3 Å². The molecule has 3 aliphatic carbocycles. The lowest BCUT2D eigenvalue weighted by atomic mass is 9.49. The minimum absolute atomic E-state index is 0.294. The highest BCUT2D eigenvalue weighted by atomic mass is 16.7. The van der Waals surface area contributed by atoms with Crippen LogP contribution in [0.2, 0.25) is 0 Å². The van der Waals surface area contributed by atoms with E-state index in [9.17, 15) is 20.4 Å². The molecule has 22 heavy (non-hydrogen) atoms. The molecule has 1 saturated heterocycles. The summed E-state index contributed by atoms with van der Waals surface area (Å²) in [6.45, 7) is 4.44. The van der Waals surface area contributed by atoms with Crippen LogP contribution in [0.15, 0.2) is 11.6 Å². The van der Waals surface area contributed by atoms with Gasteiger partial charge < -0.3 is 29.9 Å². The first-order valence-electron chi connectivity index (χ1n) is 7.97. The van der Waals surface area contributed by atoms with Gasteiger partial charge in [0.15, 0.2) is 6.29 Å². The normalized spacial score (nSPS) is 46.8. The molecule has 0 spiro atoms. The molecule has 0 radical (unpaired) electrons. The van der Waals surface area contributed by atoms with Crippen LogP contribution in [0.1, 0.15) is 26.7 Å². The molecule has 4 rings (SSSR count). The van der Waals surface area contributed by atoms with Crippen LogP contribution in [0.4, 0.5) is 0 Å². The van der Waals surface area contributed by atoms with Gasteiger partial charge in [-0.15, -0.1) is 0 Å². The quantitative estimate of drug-likeness (QED) is 0.536. The average Bonchev–Trinajstić information content (AvgIpc) is 2.52. The molecule has 1 saturated carbocycles. The molecule has 2 fully saturated rings. The third-order valence-electron chi connectivity index (χ3n) is 5.85. The number of hydrogen-bond donors (Lipinski definition) is 4. The van der Waals surface area contributed by atoms with Crippen LogP contribution in [-0.2, 0) is 9.47 Å². The molecular weight excluding hydrogens is 288 g/mol. The van der Waals surface area contributed by atoms with E-state index in [4.69, 9.17) is 9.47 Å². The topological polar surface area (TPSA) is 99.4 Å². The number of hydrogen-bond acceptors (Lipinski definition) is 6. The SMILES string of the molecule is CC1(C)C2CC=C(COC3O[C@H](CO)[C@@H](O)[C@H](O)[C@H]3O)C1C2. The predicted octanol–water partition coefficient (Wildman–Crippen LogP) is -0.205. The van der Waals surface area contributed by atoms with E-state index in [0.29, 0.717) is 17.9 Å². The molecule has 126 valence electrons. The van der Waals surface area contributed by atoms with Crippen LogP contribution in [0.25, 0.3) is 0 Å². The first kappa shape index (κ1) is 16.4. The highest BCUT2D eigenvalue weighted by Gasteiger charge is 2.51. The Kier molecular flexibility index (Phi) is 4.35. The molecule has 1 heterocycles. The Labute approximate surface area is 130 Å². The van der Waals surface area contributed by atoms with Crippen molar-refractivity contribution in [3.63, 3.8) is 0 Å². The molecule has 2 bridgehead atoms. The lowest BCUT2D eigenvalue weighted by Crippen LogP contribution is -2.59. The second-order valence-electron chi connectivity index (χ2n) is 7.33. The van der Waals surface area contributed by atoms with E-state index >= 15 is 0 Å². The summed E-state index contributed by atoms with van der Waals surface area (Å²) < 4.78 is 11.0. The fourth-order valence-electron chi connectivity index (χ4n) is 4.02. The van der Waals surface area contributed by atoms with Crippen LogP contribution >= 0.6 is 0 Å². The van der Waals surface area contributed by atoms with Crippen LogP contribution in [0.5, 0.6) is 0 Å². The van der Waals surface area contributed by atoms with Crippen molar-refractivity contribution in [2.45, 2.75) is 57.4 Å². The number of ether oxygens (including phenoxy) is 2. The van der Waals surface area contributed by atoms with Crippen molar-refractivity contribution in [3.8, 4) is 0 Å². The summed E-state index contributed by atoms with van der Waals surface area (Å²) >= 11 is 0. The lowest BCUT2D eigenvalue weighted by Gasteiger charge is -2.56. The van der Waals surface area contributed by atoms with Gasteiger partial charge in [-0.1, -0.05) is 19.9 Å². The summed E-state index contributed by atoms with van der Waals surface area (Å²) in [5.41, 5.74) is 1.51. The molecule has 4 aliphatic rings. The maximum atomic E-state index is 9.97. The van der Waals surface area contributed by atoms with Gasteiger partial charge in [0.25, 0.3) is 0 Å². The van der Waals surface area contributed by atoms with E-state index in [1.165, 1.54) is 12.0 Å². The molecule has 3 unspecified atom stereocenters. The van der Waals surface area contributed by atoms with Gasteiger partial charge in [-0.05, 0) is 35.7 Å². The second-order valence-corrected chi connectivity index (χ2v) is 7.33. The van der Waals surface area contributed by atoms with Crippen LogP contribution in [-0.4, -0.2) is 64.3 Å². The molecule has 4 N–H and O–H groups in total. The van der Waals surface area contributed by atoms with E-state index in [-0.39, 0.29) is 0 Å². The zero-order valence-corrected chi connectivity index (χ0v) is 13.1. The minimum Gasteiger partial charge on any atom is -0.394 e. The zero-order chi connectivity index (χ0) is 16.1. The molecular formula is C16H26O6. The molecule has 1 aliphatic heterocycles. The molecule has 0 aromatic heterocycles. The summed E-state index contributed by atoms with van der Waals surface area (Å²) in [7, 11) is 0. The van der Waals surface area contributed by atoms with Gasteiger partial charge in [-0.25, -0.2) is 0 Å². The summed E-state index contributed by atoms with van der Waals surface area (Å²) in [4.78, 5) is 0. The second kappa shape index (κ2) is 5.85. The highest BCUT2D eigenvalue weighted by molar-refractivity contribution is 5.23. The number of rotatable bonds is 4. The highest BCUT2D eigenvalue weighted by Crippen LogP contribution is 2.59. The first-order chi connectivity index (χ1) is 10.4. The summed E-state index contributed by atoms with van der Waals surface area (Å²) in [5, 5.41) is 38.7. The Morgan fingerprint density at radius 1 is 1.23 bits per heavy atom. The maximum absolute atomic E-state index is 9.97. The molecule has 7 atom stereocenters. The van der Waals surface area contributed by atoms with E-state index < -0.39 is 37.3 Å². The molecule has 0 aromatic carbocycles. The number of allylic oxidation sites excluding steroid dienone is 1. The molecule has 0 amide bonds. The molecule has 6 nitrogen and oxygen atoms in total. The Balaban J connectivity index is 1.60. The standard InChI is InChI=1S/C16H26O6/c1-16(2)9-4-3-8(10(16)5-9)7-21-15-14(20)13(19)12(18)11(6-17)22-15/h3,9-15,17-20H,4-7H2,1-2H3/t9?,10?,11-,12-,13+,14-,15?/m1/s1. The fourth-order valence-corrected chi connectivity index (χ4v) is 4.02. The summed E-state index contributed by atoms with van der Waals surface area (Å²) in [6, 6.07) is 0. The van der Waals surface area contributed by atoms with Crippen LogP contribution < -0.4 is 0 Å². The molecule has 6 heteroatoms. The number of fused-ring (bicyclic) bond motifs is 1. The lowest BCUT2D eigenvalue weighted by molar-refractivity contribution is -0.299. The van der Waals surface area contributed by atoms with Gasteiger partial charge in [-0.2, -0.15) is 0 Å². The Morgan fingerprint density at radius 3 is 2.55 bits per heavy atom. The van der Waals surface area contributed by atoms with Crippen molar-refractivity contribution >= 4 is 0 Å². The smallest absolute Gasteiger partial charge is 0.187 e. The van der Waals surface area contributed by atoms with E-state index in [1.807, 2.05) is 0 Å². The Morgan fingerprint density at radius 2 is 1.95 bits per heavy atom. The fraction of sp³-hybridized carbons (Fsp3) is 0.875. The third-order valence-corrected chi connectivity index (χ3v) is 5.85. The van der Waals surface area contributed by atoms with Crippen LogP contribution in [0.3, 0.4) is 0 Å². The average molecular weight is 314 g/mol. The van der Waals surface area contributed by atoms with Crippen molar-refractivity contribution in [1.82, 2.24) is 0 Å². The maximum Gasteiger partial charge on any atom is 0.187 e. The van der Waals surface area contributed by atoms with E-state index in [2.05, 4.69) is 19.9 Å². The Bertz CT molecular complexity index is 446. The zero-order valence-electron chi connectivity index (χ0n) is 13.1. The van der Waals surface area contributed by atoms with Crippen molar-refractivity contribution < 1.29 is 29.9 Å². The van der Waals surface area contributed by atoms with Crippen molar-refractivity contribution in [1.29, 1.82) is 0 Å². The van der Waals surface area contributed by atoms with Gasteiger partial charge in [0.2, 0.25) is 0 Å². The van der Waals surface area contributed by atoms with Gasteiger partial charge >= 0.3 is 0 Å². The first-order valence-corrected chi connectivity index (χ1v) is 7.97. The van der Waals surface area contributed by atoms with Crippen molar-refractivity contribution in [3.05, 3.63) is 11.6 Å². The van der Waals surface area contributed by atoms with Crippen molar-refractivity contribution in [2.24, 2.45) is 17.3 Å². The van der Waals surface area contributed by atoms with E-state index in [1.54, 1.807) is 0 Å². The minimum atomic E-state index is -1.39. The van der Waals surface area contributed by atoms with Gasteiger partial charge in [0.1, 0.15) is 24.4 Å². The van der Waals surface area contributed by atoms with E-state index in [0.717, 1.165) is 12.3 Å². The van der Waals surface area contributed by atoms with Crippen molar-refractivity contribution in [2.75, 3.05) is 13.2 Å². The number of aliphatic hydroxyl groups excluding tert-OH is 4.